The molecule has 0 saturated carbocycles. The zero-order valence-corrected chi connectivity index (χ0v) is 8.95. The first-order valence-electron chi connectivity index (χ1n) is 4.64. The van der Waals surface area contributed by atoms with Crippen molar-refractivity contribution in [1.29, 1.82) is 0 Å². The molecule has 0 fully saturated rings. The number of carbonyl (C=O) groups is 2. The quantitative estimate of drug-likeness (QED) is 0.772. The first kappa shape index (κ1) is 12.2. The van der Waals surface area contributed by atoms with E-state index in [-0.39, 0.29) is 5.69 Å². The third-order valence-corrected chi connectivity index (χ3v) is 2.18. The lowest BCUT2D eigenvalue weighted by Gasteiger charge is -2.18. The monoisotopic (exact) mass is 225 g/mol. The molecule has 1 aromatic rings. The number of carbonyl (C=O) groups excluding carboxylic acids is 1. The van der Waals surface area contributed by atoms with E-state index in [0.29, 0.717) is 0 Å². The Balaban J connectivity index is 2.83. The summed E-state index contributed by atoms with van der Waals surface area (Å²) in [5.74, 6) is -2.42. The summed E-state index contributed by atoms with van der Waals surface area (Å²) < 4.78 is 12.8. The van der Waals surface area contributed by atoms with Gasteiger partial charge in [-0.15, -0.1) is 0 Å². The Hall–Kier alpha value is -1.91. The maximum atomic E-state index is 12.8. The normalized spacial score (nSPS) is 10.9. The molecule has 86 valence electrons. The number of amides is 1. The molecule has 0 radical (unpaired) electrons. The molecule has 0 unspecified atom stereocenters. The minimum atomic E-state index is -1.55. The van der Waals surface area contributed by atoms with Crippen LogP contribution in [0.3, 0.4) is 0 Å². The van der Waals surface area contributed by atoms with E-state index >= 15 is 0 Å². The van der Waals surface area contributed by atoms with Crippen molar-refractivity contribution in [3.8, 4) is 0 Å². The molecule has 2 N–H and O–H groups in total. The van der Waals surface area contributed by atoms with Crippen LogP contribution < -0.4 is 5.32 Å². The number of anilines is 1. The molecule has 0 aliphatic heterocycles. The minimum absolute atomic E-state index is 0.235. The highest BCUT2D eigenvalue weighted by Crippen LogP contribution is 2.19. The van der Waals surface area contributed by atoms with Crippen molar-refractivity contribution in [3.63, 3.8) is 0 Å². The minimum Gasteiger partial charge on any atom is -0.480 e. The predicted molar refractivity (Wildman–Crippen MR) is 56.4 cm³/mol. The van der Waals surface area contributed by atoms with Gasteiger partial charge in [-0.1, -0.05) is 6.07 Å². The summed E-state index contributed by atoms with van der Waals surface area (Å²) in [4.78, 5) is 22.4. The van der Waals surface area contributed by atoms with E-state index < -0.39 is 23.1 Å². The maximum absolute atomic E-state index is 12.8. The van der Waals surface area contributed by atoms with Gasteiger partial charge in [0, 0.05) is 5.69 Å². The fraction of sp³-hybridized carbons (Fsp3) is 0.273. The van der Waals surface area contributed by atoms with Crippen molar-refractivity contribution in [2.24, 2.45) is 5.41 Å². The van der Waals surface area contributed by atoms with Gasteiger partial charge in [0.1, 0.15) is 11.2 Å². The number of hydrogen-bond acceptors (Lipinski definition) is 2. The van der Waals surface area contributed by atoms with Gasteiger partial charge < -0.3 is 10.4 Å². The van der Waals surface area contributed by atoms with E-state index in [2.05, 4.69) is 5.32 Å². The Labute approximate surface area is 92.1 Å². The lowest BCUT2D eigenvalue weighted by Crippen LogP contribution is -2.37. The molecule has 0 saturated heterocycles. The molecule has 0 atom stereocenters. The van der Waals surface area contributed by atoms with Gasteiger partial charge in [-0.05, 0) is 32.0 Å². The average Bonchev–Trinajstić information content (AvgIpc) is 2.17. The Morgan fingerprint density at radius 1 is 1.38 bits per heavy atom. The fourth-order valence-electron chi connectivity index (χ4n) is 0.951. The van der Waals surface area contributed by atoms with Crippen LogP contribution in [0.2, 0.25) is 0 Å². The second-order valence-corrected chi connectivity index (χ2v) is 3.89. The van der Waals surface area contributed by atoms with Crippen molar-refractivity contribution >= 4 is 17.6 Å². The van der Waals surface area contributed by atoms with E-state index in [0.717, 1.165) is 6.07 Å². The molecular formula is C11H12FNO3. The molecule has 0 spiro atoms. The summed E-state index contributed by atoms with van der Waals surface area (Å²) in [6.45, 7) is 2.56. The van der Waals surface area contributed by atoms with Gasteiger partial charge in [-0.3, -0.25) is 9.59 Å². The molecular weight excluding hydrogens is 213 g/mol. The van der Waals surface area contributed by atoms with Gasteiger partial charge in [-0.25, -0.2) is 4.39 Å². The zero-order valence-electron chi connectivity index (χ0n) is 8.95. The van der Waals surface area contributed by atoms with Crippen LogP contribution in [0.5, 0.6) is 0 Å². The Kier molecular flexibility index (Phi) is 3.27. The second-order valence-electron chi connectivity index (χ2n) is 3.89. The van der Waals surface area contributed by atoms with Crippen LogP contribution in [0.1, 0.15) is 13.8 Å². The molecule has 0 aromatic heterocycles. The van der Waals surface area contributed by atoms with E-state index in [4.69, 9.17) is 5.11 Å². The van der Waals surface area contributed by atoms with Crippen molar-refractivity contribution in [2.45, 2.75) is 13.8 Å². The number of rotatable bonds is 3. The SMILES string of the molecule is CC(C)(C(=O)O)C(=O)Nc1cccc(F)c1. The standard InChI is InChI=1S/C11H12FNO3/c1-11(2,10(15)16)9(14)13-8-5-3-4-7(12)6-8/h3-6H,1-2H3,(H,13,14)(H,15,16). The molecule has 0 heterocycles. The number of nitrogens with one attached hydrogen (secondary N) is 1. The van der Waals surface area contributed by atoms with Gasteiger partial charge in [-0.2, -0.15) is 0 Å². The number of carboxylic acid groups (broad SMARTS) is 1. The topological polar surface area (TPSA) is 66.4 Å². The summed E-state index contributed by atoms with van der Waals surface area (Å²) in [5, 5.41) is 11.2. The van der Waals surface area contributed by atoms with Gasteiger partial charge in [0.05, 0.1) is 0 Å². The molecule has 0 bridgehead atoms. The number of benzene rings is 1. The smallest absolute Gasteiger partial charge is 0.318 e. The van der Waals surface area contributed by atoms with E-state index in [9.17, 15) is 14.0 Å². The van der Waals surface area contributed by atoms with Gasteiger partial charge in [0.15, 0.2) is 0 Å². The van der Waals surface area contributed by atoms with Crippen LogP contribution in [0, 0.1) is 11.2 Å². The van der Waals surface area contributed by atoms with Crippen LogP contribution in [0.15, 0.2) is 24.3 Å². The number of halogens is 1. The molecule has 1 aromatic carbocycles. The summed E-state index contributed by atoms with van der Waals surface area (Å²) >= 11 is 0. The summed E-state index contributed by atoms with van der Waals surface area (Å²) in [5.41, 5.74) is -1.31. The molecule has 5 heteroatoms. The van der Waals surface area contributed by atoms with E-state index in [1.807, 2.05) is 0 Å². The first-order chi connectivity index (χ1) is 7.34. The Morgan fingerprint density at radius 3 is 2.50 bits per heavy atom. The summed E-state index contributed by atoms with van der Waals surface area (Å²) in [7, 11) is 0. The third-order valence-electron chi connectivity index (χ3n) is 2.18. The van der Waals surface area contributed by atoms with Crippen molar-refractivity contribution in [3.05, 3.63) is 30.1 Å². The van der Waals surface area contributed by atoms with E-state index in [1.165, 1.54) is 32.0 Å². The molecule has 0 aliphatic carbocycles. The molecule has 0 aliphatic rings. The average molecular weight is 225 g/mol. The predicted octanol–water partition coefficient (Wildman–Crippen LogP) is 1.88. The molecule has 4 nitrogen and oxygen atoms in total. The maximum Gasteiger partial charge on any atom is 0.318 e. The molecule has 1 amide bonds. The van der Waals surface area contributed by atoms with Crippen molar-refractivity contribution < 1.29 is 19.1 Å². The fourth-order valence-corrected chi connectivity index (χ4v) is 0.951. The highest BCUT2D eigenvalue weighted by Gasteiger charge is 2.35. The van der Waals surface area contributed by atoms with Crippen LogP contribution in [-0.4, -0.2) is 17.0 Å². The third kappa shape index (κ3) is 2.56. The van der Waals surface area contributed by atoms with Crippen LogP contribution in [-0.2, 0) is 9.59 Å². The zero-order chi connectivity index (χ0) is 12.3. The van der Waals surface area contributed by atoms with Gasteiger partial charge in [0.2, 0.25) is 5.91 Å². The Bertz CT molecular complexity index is 429. The van der Waals surface area contributed by atoms with Gasteiger partial charge in [0.25, 0.3) is 0 Å². The number of hydrogen-bond donors (Lipinski definition) is 2. The second kappa shape index (κ2) is 4.30. The largest absolute Gasteiger partial charge is 0.480 e. The highest BCUT2D eigenvalue weighted by molar-refractivity contribution is 6.07. The van der Waals surface area contributed by atoms with Crippen LogP contribution in [0.25, 0.3) is 0 Å². The van der Waals surface area contributed by atoms with Gasteiger partial charge >= 0.3 is 5.97 Å². The van der Waals surface area contributed by atoms with Crippen LogP contribution in [0.4, 0.5) is 10.1 Å². The molecule has 1 rings (SSSR count). The Morgan fingerprint density at radius 2 is 2.00 bits per heavy atom. The van der Waals surface area contributed by atoms with E-state index in [1.54, 1.807) is 0 Å². The lowest BCUT2D eigenvalue weighted by atomic mass is 9.92. The number of aliphatic carboxylic acids is 1. The van der Waals surface area contributed by atoms with Crippen molar-refractivity contribution in [2.75, 3.05) is 5.32 Å². The molecule has 16 heavy (non-hydrogen) atoms. The van der Waals surface area contributed by atoms with Crippen LogP contribution >= 0.6 is 0 Å². The highest BCUT2D eigenvalue weighted by atomic mass is 19.1. The number of carboxylic acids is 1. The van der Waals surface area contributed by atoms with Crippen molar-refractivity contribution in [1.82, 2.24) is 0 Å². The lowest BCUT2D eigenvalue weighted by molar-refractivity contribution is -0.151. The summed E-state index contributed by atoms with van der Waals surface area (Å²) in [6, 6.07) is 5.27. The first-order valence-corrected chi connectivity index (χ1v) is 4.64. The summed E-state index contributed by atoms with van der Waals surface area (Å²) in [6.07, 6.45) is 0.